The molecule has 2 aromatic rings. The second-order valence-corrected chi connectivity index (χ2v) is 8.91. The number of carbonyl (C=O) groups excluding carboxylic acids is 1. The van der Waals surface area contributed by atoms with Gasteiger partial charge in [-0.25, -0.2) is 8.42 Å². The molecule has 27 heavy (non-hydrogen) atoms. The number of amides is 1. The maximum Gasteiger partial charge on any atom is 0.227 e. The lowest BCUT2D eigenvalue weighted by atomic mass is 9.95. The van der Waals surface area contributed by atoms with E-state index in [1.807, 2.05) is 0 Å². The maximum atomic E-state index is 12.4. The fourth-order valence-corrected chi connectivity index (χ4v) is 4.07. The molecule has 1 amide bonds. The largest absolute Gasteiger partial charge is 0.457 e. The lowest BCUT2D eigenvalue weighted by Crippen LogP contribution is -2.29. The van der Waals surface area contributed by atoms with E-state index in [0.717, 1.165) is 25.5 Å². The standard InChI is InChI=1S/C20H24N2O4S/c1-27(24,25)18-6-3-5-17(12-18)26-16-10-8-15(9-11-16)22-20(23)19-7-2-4-14(19)13-21/h3,5-6,8-12,14,19H,2,4,7,13,21H2,1H3,(H,22,23)/t14-,19-/m1/s1. The second kappa shape index (κ2) is 8.10. The van der Waals surface area contributed by atoms with Crippen molar-refractivity contribution in [2.24, 2.45) is 17.6 Å². The Hall–Kier alpha value is -2.38. The van der Waals surface area contributed by atoms with Crippen molar-refractivity contribution in [3.05, 3.63) is 48.5 Å². The van der Waals surface area contributed by atoms with Gasteiger partial charge in [0.05, 0.1) is 4.90 Å². The fraction of sp³-hybridized carbons (Fsp3) is 0.350. The average Bonchev–Trinajstić information content (AvgIpc) is 3.12. The van der Waals surface area contributed by atoms with Crippen LogP contribution in [0.4, 0.5) is 5.69 Å². The first-order valence-corrected chi connectivity index (χ1v) is 10.8. The molecule has 6 nitrogen and oxygen atoms in total. The van der Waals surface area contributed by atoms with Crippen LogP contribution in [0, 0.1) is 11.8 Å². The maximum absolute atomic E-state index is 12.4. The summed E-state index contributed by atoms with van der Waals surface area (Å²) in [6, 6.07) is 13.3. The number of nitrogens with two attached hydrogens (primary N) is 1. The summed E-state index contributed by atoms with van der Waals surface area (Å²) in [7, 11) is -3.29. The van der Waals surface area contributed by atoms with Gasteiger partial charge in [-0.3, -0.25) is 4.79 Å². The quantitative estimate of drug-likeness (QED) is 0.792. The van der Waals surface area contributed by atoms with Crippen molar-refractivity contribution >= 4 is 21.4 Å². The van der Waals surface area contributed by atoms with Crippen molar-refractivity contribution < 1.29 is 17.9 Å². The molecule has 0 radical (unpaired) electrons. The van der Waals surface area contributed by atoms with Crippen molar-refractivity contribution in [2.75, 3.05) is 18.1 Å². The molecule has 0 aliphatic heterocycles. The summed E-state index contributed by atoms with van der Waals surface area (Å²) in [6.07, 6.45) is 4.09. The Labute approximate surface area is 159 Å². The van der Waals surface area contributed by atoms with E-state index in [2.05, 4.69) is 5.32 Å². The van der Waals surface area contributed by atoms with Gasteiger partial charge >= 0.3 is 0 Å². The van der Waals surface area contributed by atoms with Crippen LogP contribution in [0.25, 0.3) is 0 Å². The Balaban J connectivity index is 1.65. The number of hydrogen-bond acceptors (Lipinski definition) is 5. The van der Waals surface area contributed by atoms with Gasteiger partial charge in [0.2, 0.25) is 5.91 Å². The van der Waals surface area contributed by atoms with E-state index >= 15 is 0 Å². The van der Waals surface area contributed by atoms with Crippen LogP contribution in [0.15, 0.2) is 53.4 Å². The van der Waals surface area contributed by atoms with Crippen molar-refractivity contribution in [3.8, 4) is 11.5 Å². The lowest BCUT2D eigenvalue weighted by Gasteiger charge is -2.17. The molecule has 7 heteroatoms. The molecule has 1 aliphatic rings. The van der Waals surface area contributed by atoms with E-state index in [-0.39, 0.29) is 22.6 Å². The van der Waals surface area contributed by atoms with Gasteiger partial charge in [-0.2, -0.15) is 0 Å². The zero-order valence-electron chi connectivity index (χ0n) is 15.2. The minimum atomic E-state index is -3.29. The SMILES string of the molecule is CS(=O)(=O)c1cccc(Oc2ccc(NC(=O)[C@@H]3CCC[C@@H]3CN)cc2)c1. The highest BCUT2D eigenvalue weighted by molar-refractivity contribution is 7.90. The summed E-state index contributed by atoms with van der Waals surface area (Å²) < 4.78 is 29.0. The highest BCUT2D eigenvalue weighted by atomic mass is 32.2. The first-order valence-electron chi connectivity index (χ1n) is 8.96. The zero-order chi connectivity index (χ0) is 19.4. The minimum Gasteiger partial charge on any atom is -0.457 e. The number of rotatable bonds is 6. The molecular weight excluding hydrogens is 364 g/mol. The van der Waals surface area contributed by atoms with E-state index in [1.165, 1.54) is 12.1 Å². The average molecular weight is 388 g/mol. The van der Waals surface area contributed by atoms with Gasteiger partial charge in [0, 0.05) is 17.9 Å². The predicted octanol–water partition coefficient (Wildman–Crippen LogP) is 3.20. The van der Waals surface area contributed by atoms with Crippen molar-refractivity contribution in [2.45, 2.75) is 24.2 Å². The first kappa shape index (κ1) is 19.4. The van der Waals surface area contributed by atoms with Crippen molar-refractivity contribution in [1.29, 1.82) is 0 Å². The van der Waals surface area contributed by atoms with Crippen LogP contribution in [0.3, 0.4) is 0 Å². The van der Waals surface area contributed by atoms with Gasteiger partial charge in [-0.05, 0) is 67.8 Å². The third kappa shape index (κ3) is 4.87. The number of ether oxygens (including phenoxy) is 1. The number of benzene rings is 2. The van der Waals surface area contributed by atoms with Crippen LogP contribution in [0.1, 0.15) is 19.3 Å². The molecule has 144 valence electrons. The van der Waals surface area contributed by atoms with Crippen molar-refractivity contribution in [1.82, 2.24) is 0 Å². The van der Waals surface area contributed by atoms with Gasteiger partial charge in [0.1, 0.15) is 11.5 Å². The summed E-state index contributed by atoms with van der Waals surface area (Å²) in [4.78, 5) is 12.6. The number of carbonyl (C=O) groups is 1. The van der Waals surface area contributed by atoms with Crippen molar-refractivity contribution in [3.63, 3.8) is 0 Å². The minimum absolute atomic E-state index is 0.0115. The topological polar surface area (TPSA) is 98.5 Å². The molecule has 1 fully saturated rings. The van der Waals surface area contributed by atoms with E-state index in [1.54, 1.807) is 36.4 Å². The summed E-state index contributed by atoms with van der Waals surface area (Å²) >= 11 is 0. The highest BCUT2D eigenvalue weighted by Crippen LogP contribution is 2.32. The Morgan fingerprint density at radius 2 is 1.89 bits per heavy atom. The fourth-order valence-electron chi connectivity index (χ4n) is 3.41. The van der Waals surface area contributed by atoms with E-state index in [9.17, 15) is 13.2 Å². The Morgan fingerprint density at radius 3 is 2.56 bits per heavy atom. The molecule has 0 unspecified atom stereocenters. The highest BCUT2D eigenvalue weighted by Gasteiger charge is 2.31. The van der Waals surface area contributed by atoms with Gasteiger partial charge in [-0.15, -0.1) is 0 Å². The monoisotopic (exact) mass is 388 g/mol. The molecule has 0 bridgehead atoms. The second-order valence-electron chi connectivity index (χ2n) is 6.90. The number of anilines is 1. The van der Waals surface area contributed by atoms with Gasteiger partial charge < -0.3 is 15.8 Å². The van der Waals surface area contributed by atoms with Gasteiger partial charge in [0.15, 0.2) is 9.84 Å². The Morgan fingerprint density at radius 1 is 1.15 bits per heavy atom. The molecule has 3 rings (SSSR count). The number of hydrogen-bond donors (Lipinski definition) is 2. The number of nitrogens with one attached hydrogen (secondary N) is 1. The van der Waals surface area contributed by atoms with Crippen LogP contribution in [-0.2, 0) is 14.6 Å². The Kier molecular flexibility index (Phi) is 5.82. The molecule has 0 aromatic heterocycles. The summed E-state index contributed by atoms with van der Waals surface area (Å²) in [5.41, 5.74) is 6.45. The summed E-state index contributed by atoms with van der Waals surface area (Å²) in [5.74, 6) is 1.24. The Bertz CT molecular complexity index is 910. The third-order valence-corrected chi connectivity index (χ3v) is 6.00. The zero-order valence-corrected chi connectivity index (χ0v) is 16.0. The van der Waals surface area contributed by atoms with Crippen LogP contribution in [-0.4, -0.2) is 27.1 Å². The lowest BCUT2D eigenvalue weighted by molar-refractivity contribution is -0.120. The molecule has 2 atom stereocenters. The number of sulfone groups is 1. The molecule has 0 saturated heterocycles. The first-order chi connectivity index (χ1) is 12.9. The molecule has 0 heterocycles. The predicted molar refractivity (Wildman–Crippen MR) is 105 cm³/mol. The molecule has 1 saturated carbocycles. The van der Waals surface area contributed by atoms with E-state index < -0.39 is 9.84 Å². The molecule has 3 N–H and O–H groups in total. The smallest absolute Gasteiger partial charge is 0.227 e. The van der Waals surface area contributed by atoms with E-state index in [4.69, 9.17) is 10.5 Å². The summed E-state index contributed by atoms with van der Waals surface area (Å²) in [6.45, 7) is 0.539. The van der Waals surface area contributed by atoms with Gasteiger partial charge in [0.25, 0.3) is 0 Å². The van der Waals surface area contributed by atoms with Crippen LogP contribution in [0.2, 0.25) is 0 Å². The van der Waals surface area contributed by atoms with Crippen LogP contribution in [0.5, 0.6) is 11.5 Å². The molecular formula is C20H24N2O4S. The summed E-state index contributed by atoms with van der Waals surface area (Å²) in [5, 5.41) is 2.94. The van der Waals surface area contributed by atoms with Crippen LogP contribution >= 0.6 is 0 Å². The van der Waals surface area contributed by atoms with Gasteiger partial charge in [-0.1, -0.05) is 12.5 Å². The molecule has 1 aliphatic carbocycles. The van der Waals surface area contributed by atoms with Crippen LogP contribution < -0.4 is 15.8 Å². The normalized spacial score (nSPS) is 19.6. The molecule has 2 aromatic carbocycles. The third-order valence-electron chi connectivity index (χ3n) is 4.89. The molecule has 0 spiro atoms. The van der Waals surface area contributed by atoms with E-state index in [0.29, 0.717) is 23.7 Å².